The van der Waals surface area contributed by atoms with Gasteiger partial charge in [-0.3, -0.25) is 4.79 Å². The van der Waals surface area contributed by atoms with E-state index in [1.54, 1.807) is 0 Å². The Morgan fingerprint density at radius 3 is 2.40 bits per heavy atom. The summed E-state index contributed by atoms with van der Waals surface area (Å²) in [5, 5.41) is 14.4. The molecule has 0 bridgehead atoms. The Bertz CT molecular complexity index is 752. The molecule has 168 valence electrons. The highest BCUT2D eigenvalue weighted by Crippen LogP contribution is 2.55. The van der Waals surface area contributed by atoms with Crippen LogP contribution in [0.4, 0.5) is 0 Å². The van der Waals surface area contributed by atoms with E-state index in [0.717, 1.165) is 29.7 Å². The fourth-order valence-electron chi connectivity index (χ4n) is 5.71. The monoisotopic (exact) mass is 417 g/mol. The summed E-state index contributed by atoms with van der Waals surface area (Å²) in [6.45, 7) is 10.4. The lowest BCUT2D eigenvalue weighted by atomic mass is 9.69. The first kappa shape index (κ1) is 21.9. The van der Waals surface area contributed by atoms with Gasteiger partial charge in [0.05, 0.1) is 11.6 Å². The quantitative estimate of drug-likeness (QED) is 0.590. The Balaban J connectivity index is 1.56. The summed E-state index contributed by atoms with van der Waals surface area (Å²) in [5.74, 6) is 3.39. The van der Waals surface area contributed by atoms with Gasteiger partial charge in [0.2, 0.25) is 0 Å². The molecule has 1 heterocycles. The van der Waals surface area contributed by atoms with Crippen LogP contribution in [0.25, 0.3) is 0 Å². The van der Waals surface area contributed by atoms with Crippen LogP contribution >= 0.6 is 0 Å². The minimum atomic E-state index is -0.509. The Kier molecular flexibility index (Phi) is 6.04. The summed E-state index contributed by atoms with van der Waals surface area (Å²) in [4.78, 5) is 13.0. The predicted molar refractivity (Wildman–Crippen MR) is 115 cm³/mol. The number of aliphatic hydroxyl groups is 1. The van der Waals surface area contributed by atoms with Crippen molar-refractivity contribution in [1.29, 1.82) is 0 Å². The second-order valence-corrected chi connectivity index (χ2v) is 11.6. The first-order valence-electron chi connectivity index (χ1n) is 12.0. The smallest absolute Gasteiger partial charge is 0.310 e. The third-order valence-corrected chi connectivity index (χ3v) is 7.16. The van der Waals surface area contributed by atoms with E-state index in [-0.39, 0.29) is 30.3 Å². The van der Waals surface area contributed by atoms with E-state index in [0.29, 0.717) is 18.3 Å². The van der Waals surface area contributed by atoms with Crippen LogP contribution in [0.2, 0.25) is 0 Å². The molecule has 3 aliphatic carbocycles. The minimum Gasteiger partial charge on any atom is -0.460 e. The maximum atomic E-state index is 13.0. The van der Waals surface area contributed by atoms with Crippen molar-refractivity contribution in [1.82, 2.24) is 5.16 Å². The molecule has 3 fully saturated rings. The van der Waals surface area contributed by atoms with Gasteiger partial charge in [0.25, 0.3) is 0 Å². The Morgan fingerprint density at radius 1 is 1.13 bits per heavy atom. The molecule has 3 atom stereocenters. The van der Waals surface area contributed by atoms with Crippen LogP contribution in [0.1, 0.15) is 114 Å². The van der Waals surface area contributed by atoms with Gasteiger partial charge >= 0.3 is 5.97 Å². The van der Waals surface area contributed by atoms with Crippen LogP contribution < -0.4 is 0 Å². The third-order valence-electron chi connectivity index (χ3n) is 7.16. The molecule has 5 heteroatoms. The number of carbonyl (C=O) groups is 1. The van der Waals surface area contributed by atoms with Gasteiger partial charge in [-0.05, 0) is 89.4 Å². The Morgan fingerprint density at radius 2 is 1.83 bits per heavy atom. The number of carbonyl (C=O) groups excluding carboxylic acids is 1. The third kappa shape index (κ3) is 4.61. The molecule has 0 radical (unpaired) electrons. The highest BCUT2D eigenvalue weighted by molar-refractivity contribution is 5.74. The molecular weight excluding hydrogens is 378 g/mol. The molecular formula is C25H39NO4. The van der Waals surface area contributed by atoms with Gasteiger partial charge in [0.15, 0.2) is 0 Å². The van der Waals surface area contributed by atoms with E-state index in [1.807, 2.05) is 20.8 Å². The van der Waals surface area contributed by atoms with E-state index in [1.165, 1.54) is 37.7 Å². The number of aromatic nitrogens is 1. The number of hydrogen-bond donors (Lipinski definition) is 1. The summed E-state index contributed by atoms with van der Waals surface area (Å²) < 4.78 is 11.7. The summed E-state index contributed by atoms with van der Waals surface area (Å²) in [7, 11) is 0. The average Bonchev–Trinajstić information content (AvgIpc) is 3.21. The van der Waals surface area contributed by atoms with Crippen LogP contribution in [-0.4, -0.2) is 28.4 Å². The molecule has 1 unspecified atom stereocenters. The van der Waals surface area contributed by atoms with E-state index in [9.17, 15) is 9.90 Å². The first-order chi connectivity index (χ1) is 14.2. The van der Waals surface area contributed by atoms with E-state index in [2.05, 4.69) is 19.0 Å². The largest absolute Gasteiger partial charge is 0.460 e. The first-order valence-corrected chi connectivity index (χ1v) is 12.0. The van der Waals surface area contributed by atoms with Gasteiger partial charge in [-0.1, -0.05) is 19.0 Å². The van der Waals surface area contributed by atoms with Gasteiger partial charge < -0.3 is 14.4 Å². The number of ether oxygens (including phenoxy) is 1. The van der Waals surface area contributed by atoms with Gasteiger partial charge in [0, 0.05) is 24.0 Å². The topological polar surface area (TPSA) is 72.6 Å². The summed E-state index contributed by atoms with van der Waals surface area (Å²) in [6.07, 6.45) is 7.53. The lowest BCUT2D eigenvalue weighted by Crippen LogP contribution is -2.30. The highest BCUT2D eigenvalue weighted by atomic mass is 16.6. The molecule has 3 aliphatic rings. The maximum absolute atomic E-state index is 13.0. The molecule has 0 aliphatic heterocycles. The number of nitrogens with zero attached hydrogens (tertiary/aromatic N) is 1. The molecule has 4 rings (SSSR count). The van der Waals surface area contributed by atoms with E-state index in [4.69, 9.17) is 9.26 Å². The van der Waals surface area contributed by atoms with Crippen molar-refractivity contribution in [2.45, 2.75) is 103 Å². The van der Waals surface area contributed by atoms with Gasteiger partial charge in [-0.25, -0.2) is 0 Å². The zero-order valence-corrected chi connectivity index (χ0v) is 19.3. The van der Waals surface area contributed by atoms with Crippen LogP contribution in [-0.2, 0) is 9.53 Å². The van der Waals surface area contributed by atoms with Crippen LogP contribution in [0.5, 0.6) is 0 Å². The molecule has 1 aromatic rings. The molecule has 0 amide bonds. The summed E-state index contributed by atoms with van der Waals surface area (Å²) in [5.41, 5.74) is 1.79. The lowest BCUT2D eigenvalue weighted by molar-refractivity contribution is -0.160. The molecule has 0 aromatic carbocycles. The van der Waals surface area contributed by atoms with Crippen molar-refractivity contribution in [3.8, 4) is 0 Å². The molecule has 1 aromatic heterocycles. The minimum absolute atomic E-state index is 0.00311. The maximum Gasteiger partial charge on any atom is 0.310 e. The van der Waals surface area contributed by atoms with Crippen LogP contribution in [0.3, 0.4) is 0 Å². The zero-order valence-electron chi connectivity index (χ0n) is 19.3. The van der Waals surface area contributed by atoms with Crippen LogP contribution in [0, 0.1) is 23.7 Å². The number of aliphatic hydroxyl groups excluding tert-OH is 1. The van der Waals surface area contributed by atoms with Crippen molar-refractivity contribution < 1.29 is 19.2 Å². The SMILES string of the molecule is CC(C)CC1CC(c2onc([C@H]3CC(CO)C[C@@H]3C(=O)OC(C)(C)C)c2C2CC2)C1. The second-order valence-electron chi connectivity index (χ2n) is 11.6. The van der Waals surface area contributed by atoms with Gasteiger partial charge in [-0.2, -0.15) is 0 Å². The molecule has 3 saturated carbocycles. The second kappa shape index (κ2) is 8.29. The van der Waals surface area contributed by atoms with Crippen molar-refractivity contribution in [3.63, 3.8) is 0 Å². The van der Waals surface area contributed by atoms with Crippen molar-refractivity contribution in [2.24, 2.45) is 23.7 Å². The van der Waals surface area contributed by atoms with Crippen molar-refractivity contribution >= 4 is 5.97 Å². The highest BCUT2D eigenvalue weighted by Gasteiger charge is 2.47. The molecule has 1 N–H and O–H groups in total. The Hall–Kier alpha value is -1.36. The van der Waals surface area contributed by atoms with Crippen LogP contribution in [0.15, 0.2) is 4.52 Å². The number of hydrogen-bond acceptors (Lipinski definition) is 5. The molecule has 5 nitrogen and oxygen atoms in total. The number of esters is 1. The molecule has 0 saturated heterocycles. The fourth-order valence-corrected chi connectivity index (χ4v) is 5.71. The summed E-state index contributed by atoms with van der Waals surface area (Å²) >= 11 is 0. The molecule has 30 heavy (non-hydrogen) atoms. The van der Waals surface area contributed by atoms with E-state index < -0.39 is 5.60 Å². The fraction of sp³-hybridized carbons (Fsp3) is 0.840. The van der Waals surface area contributed by atoms with Crippen molar-refractivity contribution in [2.75, 3.05) is 6.61 Å². The molecule has 0 spiro atoms. The van der Waals surface area contributed by atoms with E-state index >= 15 is 0 Å². The normalized spacial score (nSPS) is 31.8. The predicted octanol–water partition coefficient (Wildman–Crippen LogP) is 5.54. The van der Waals surface area contributed by atoms with Gasteiger partial charge in [0.1, 0.15) is 11.4 Å². The summed E-state index contributed by atoms with van der Waals surface area (Å²) in [6, 6.07) is 0. The van der Waals surface area contributed by atoms with Crippen molar-refractivity contribution in [3.05, 3.63) is 17.0 Å². The standard InChI is InChI=1S/C25H39NO4/c1-14(2)8-15-9-18(10-15)23-21(17-6-7-17)22(26-30-23)19-11-16(13-27)12-20(19)24(28)29-25(3,4)5/h14-20,27H,6-13H2,1-5H3/t15?,16?,18?,19-,20-/m0/s1. The zero-order chi connectivity index (χ0) is 21.6. The average molecular weight is 418 g/mol. The Labute approximate surface area is 180 Å². The lowest BCUT2D eigenvalue weighted by Gasteiger charge is -2.35. The number of rotatable bonds is 7. The van der Waals surface area contributed by atoms with Gasteiger partial charge in [-0.15, -0.1) is 0 Å².